The van der Waals surface area contributed by atoms with Crippen LogP contribution in [0.15, 0.2) is 47.6 Å². The van der Waals surface area contributed by atoms with Crippen molar-refractivity contribution in [2.45, 2.75) is 20.0 Å². The Balaban J connectivity index is 1.96. The molecule has 0 spiro atoms. The van der Waals surface area contributed by atoms with E-state index < -0.39 is 0 Å². The topological polar surface area (TPSA) is 58.5 Å². The smallest absolute Gasteiger partial charge is 0.212 e. The van der Waals surface area contributed by atoms with Crippen molar-refractivity contribution < 1.29 is 9.13 Å². The molecule has 1 aromatic carbocycles. The first-order valence-corrected chi connectivity index (χ1v) is 7.47. The average molecular weight is 316 g/mol. The molecule has 0 aliphatic rings. The molecule has 0 fully saturated rings. The van der Waals surface area contributed by atoms with Crippen LogP contribution < -0.4 is 15.4 Å². The van der Waals surface area contributed by atoms with Crippen LogP contribution in [-0.4, -0.2) is 24.6 Å². The van der Waals surface area contributed by atoms with E-state index in [1.54, 1.807) is 25.4 Å². The number of benzene rings is 1. The summed E-state index contributed by atoms with van der Waals surface area (Å²) in [7, 11) is 1.58. The molecule has 0 aliphatic heterocycles. The predicted molar refractivity (Wildman–Crippen MR) is 88.8 cm³/mol. The Kier molecular flexibility index (Phi) is 6.35. The maximum absolute atomic E-state index is 13.2. The highest BCUT2D eigenvalue weighted by atomic mass is 19.1. The Morgan fingerprint density at radius 1 is 1.22 bits per heavy atom. The van der Waals surface area contributed by atoms with E-state index in [-0.39, 0.29) is 5.82 Å². The van der Waals surface area contributed by atoms with Crippen LogP contribution in [0.1, 0.15) is 18.1 Å². The Hall–Kier alpha value is -2.63. The molecule has 23 heavy (non-hydrogen) atoms. The Labute approximate surface area is 135 Å². The molecule has 0 amide bonds. The van der Waals surface area contributed by atoms with Gasteiger partial charge in [0.25, 0.3) is 0 Å². The molecule has 0 radical (unpaired) electrons. The lowest BCUT2D eigenvalue weighted by Gasteiger charge is -2.11. The Morgan fingerprint density at radius 3 is 2.74 bits per heavy atom. The summed E-state index contributed by atoms with van der Waals surface area (Å²) in [6, 6.07) is 10.2. The van der Waals surface area contributed by atoms with Crippen molar-refractivity contribution in [3.8, 4) is 5.88 Å². The fraction of sp³-hybridized carbons (Fsp3) is 0.294. The predicted octanol–water partition coefficient (Wildman–Crippen LogP) is 2.48. The van der Waals surface area contributed by atoms with Crippen molar-refractivity contribution in [2.75, 3.05) is 13.7 Å². The molecule has 0 unspecified atom stereocenters. The summed E-state index contributed by atoms with van der Waals surface area (Å²) < 4.78 is 18.2. The van der Waals surface area contributed by atoms with Crippen molar-refractivity contribution in [3.05, 3.63) is 59.5 Å². The van der Waals surface area contributed by atoms with Gasteiger partial charge in [-0.1, -0.05) is 18.2 Å². The minimum absolute atomic E-state index is 0.240. The SMILES string of the molecule is CCNC(=NCc1ccc(OC)nc1)NCc1cccc(F)c1. The van der Waals surface area contributed by atoms with Gasteiger partial charge in [-0.25, -0.2) is 14.4 Å². The van der Waals surface area contributed by atoms with Gasteiger partial charge < -0.3 is 15.4 Å². The normalized spacial score (nSPS) is 11.2. The second-order valence-corrected chi connectivity index (χ2v) is 4.89. The number of methoxy groups -OCH3 is 1. The molecule has 0 saturated heterocycles. The average Bonchev–Trinajstić information content (AvgIpc) is 2.58. The zero-order valence-electron chi connectivity index (χ0n) is 13.3. The number of aromatic nitrogens is 1. The fourth-order valence-electron chi connectivity index (χ4n) is 1.97. The van der Waals surface area contributed by atoms with Gasteiger partial charge in [0.2, 0.25) is 5.88 Å². The number of nitrogens with zero attached hydrogens (tertiary/aromatic N) is 2. The molecule has 122 valence electrons. The largest absolute Gasteiger partial charge is 0.481 e. The van der Waals surface area contributed by atoms with E-state index in [0.29, 0.717) is 24.9 Å². The lowest BCUT2D eigenvalue weighted by Crippen LogP contribution is -2.36. The highest BCUT2D eigenvalue weighted by Gasteiger charge is 2.00. The van der Waals surface area contributed by atoms with Crippen LogP contribution in [0.5, 0.6) is 5.88 Å². The van der Waals surface area contributed by atoms with E-state index in [2.05, 4.69) is 20.6 Å². The number of ether oxygens (including phenoxy) is 1. The number of aliphatic imine (C=N–C) groups is 1. The second kappa shape index (κ2) is 8.73. The molecular weight excluding hydrogens is 295 g/mol. The first kappa shape index (κ1) is 16.7. The van der Waals surface area contributed by atoms with Crippen molar-refractivity contribution >= 4 is 5.96 Å². The van der Waals surface area contributed by atoms with E-state index in [4.69, 9.17) is 4.74 Å². The van der Waals surface area contributed by atoms with Crippen LogP contribution >= 0.6 is 0 Å². The summed E-state index contributed by atoms with van der Waals surface area (Å²) in [4.78, 5) is 8.65. The number of hydrogen-bond donors (Lipinski definition) is 2. The van der Waals surface area contributed by atoms with Crippen LogP contribution in [0.25, 0.3) is 0 Å². The highest BCUT2D eigenvalue weighted by Crippen LogP contribution is 2.07. The van der Waals surface area contributed by atoms with Crippen LogP contribution in [0.3, 0.4) is 0 Å². The van der Waals surface area contributed by atoms with Gasteiger partial charge in [-0.3, -0.25) is 0 Å². The fourth-order valence-corrected chi connectivity index (χ4v) is 1.97. The lowest BCUT2D eigenvalue weighted by molar-refractivity contribution is 0.397. The summed E-state index contributed by atoms with van der Waals surface area (Å²) in [5, 5.41) is 6.34. The molecule has 1 heterocycles. The molecule has 0 atom stereocenters. The number of pyridine rings is 1. The molecule has 2 aromatic rings. The molecule has 5 nitrogen and oxygen atoms in total. The van der Waals surface area contributed by atoms with Gasteiger partial charge in [-0.05, 0) is 30.2 Å². The van der Waals surface area contributed by atoms with E-state index in [0.717, 1.165) is 17.7 Å². The van der Waals surface area contributed by atoms with Crippen LogP contribution in [0.4, 0.5) is 4.39 Å². The number of guanidine groups is 1. The summed E-state index contributed by atoms with van der Waals surface area (Å²) in [6.07, 6.45) is 1.73. The maximum Gasteiger partial charge on any atom is 0.212 e. The molecule has 0 saturated carbocycles. The number of rotatable bonds is 6. The summed E-state index contributed by atoms with van der Waals surface area (Å²) in [6.45, 7) is 3.74. The van der Waals surface area contributed by atoms with Crippen LogP contribution in [0, 0.1) is 5.82 Å². The van der Waals surface area contributed by atoms with Crippen molar-refractivity contribution in [1.29, 1.82) is 0 Å². The molecule has 2 N–H and O–H groups in total. The van der Waals surface area contributed by atoms with Gasteiger partial charge in [0.15, 0.2) is 5.96 Å². The summed E-state index contributed by atoms with van der Waals surface area (Å²) in [5.41, 5.74) is 1.84. The summed E-state index contributed by atoms with van der Waals surface area (Å²) in [5.74, 6) is 1.01. The second-order valence-electron chi connectivity index (χ2n) is 4.89. The molecule has 1 aromatic heterocycles. The quantitative estimate of drug-likeness (QED) is 0.635. The van der Waals surface area contributed by atoms with E-state index in [1.807, 2.05) is 19.1 Å². The minimum Gasteiger partial charge on any atom is -0.481 e. The number of nitrogens with one attached hydrogen (secondary N) is 2. The highest BCUT2D eigenvalue weighted by molar-refractivity contribution is 5.79. The zero-order chi connectivity index (χ0) is 16.5. The molecule has 0 aliphatic carbocycles. The van der Waals surface area contributed by atoms with Crippen molar-refractivity contribution in [2.24, 2.45) is 4.99 Å². The van der Waals surface area contributed by atoms with Gasteiger partial charge in [0.05, 0.1) is 13.7 Å². The number of halogens is 1. The third-order valence-corrected chi connectivity index (χ3v) is 3.12. The third-order valence-electron chi connectivity index (χ3n) is 3.12. The van der Waals surface area contributed by atoms with Gasteiger partial charge in [0.1, 0.15) is 5.82 Å². The lowest BCUT2D eigenvalue weighted by atomic mass is 10.2. The standard InChI is InChI=1S/C17H21FN4O/c1-3-19-17(21-10-13-5-4-6-15(18)9-13)22-12-14-7-8-16(23-2)20-11-14/h4-9,11H,3,10,12H2,1-2H3,(H2,19,21,22). The summed E-state index contributed by atoms with van der Waals surface area (Å²) >= 11 is 0. The van der Waals surface area contributed by atoms with Crippen LogP contribution in [-0.2, 0) is 13.1 Å². The molecule has 2 rings (SSSR count). The zero-order valence-corrected chi connectivity index (χ0v) is 13.3. The molecule has 6 heteroatoms. The monoisotopic (exact) mass is 316 g/mol. The maximum atomic E-state index is 13.2. The number of hydrogen-bond acceptors (Lipinski definition) is 3. The first-order valence-electron chi connectivity index (χ1n) is 7.47. The van der Waals surface area contributed by atoms with Gasteiger partial charge in [0, 0.05) is 25.4 Å². The van der Waals surface area contributed by atoms with Gasteiger partial charge in [-0.15, -0.1) is 0 Å². The van der Waals surface area contributed by atoms with E-state index in [9.17, 15) is 4.39 Å². The first-order chi connectivity index (χ1) is 11.2. The third kappa shape index (κ3) is 5.58. The minimum atomic E-state index is -0.240. The van der Waals surface area contributed by atoms with Crippen molar-refractivity contribution in [3.63, 3.8) is 0 Å². The molecular formula is C17H21FN4O. The van der Waals surface area contributed by atoms with Crippen molar-refractivity contribution in [1.82, 2.24) is 15.6 Å². The van der Waals surface area contributed by atoms with Gasteiger partial charge in [-0.2, -0.15) is 0 Å². The van der Waals surface area contributed by atoms with Crippen LogP contribution in [0.2, 0.25) is 0 Å². The van der Waals surface area contributed by atoms with E-state index >= 15 is 0 Å². The van der Waals surface area contributed by atoms with Gasteiger partial charge >= 0.3 is 0 Å². The Morgan fingerprint density at radius 2 is 2.09 bits per heavy atom. The molecule has 0 bridgehead atoms. The Bertz CT molecular complexity index is 643. The van der Waals surface area contributed by atoms with E-state index in [1.165, 1.54) is 12.1 Å².